The van der Waals surface area contributed by atoms with E-state index in [-0.39, 0.29) is 20.3 Å². The predicted octanol–water partition coefficient (Wildman–Crippen LogP) is -1.47. The van der Waals surface area contributed by atoms with Crippen LogP contribution in [-0.4, -0.2) is 58.0 Å². The van der Waals surface area contributed by atoms with Crippen LogP contribution >= 0.6 is 0 Å². The maximum Gasteiger partial charge on any atom is 1.00 e. The van der Waals surface area contributed by atoms with Crippen LogP contribution < -0.4 is 24.2 Å². The Morgan fingerprint density at radius 1 is 1.38 bits per heavy atom. The van der Waals surface area contributed by atoms with E-state index in [2.05, 4.69) is 15.3 Å². The fourth-order valence-corrected chi connectivity index (χ4v) is 4.04. The predicted molar refractivity (Wildman–Crippen MR) is 88.8 cm³/mol. The van der Waals surface area contributed by atoms with E-state index in [0.717, 1.165) is 29.9 Å². The molecule has 2 N–H and O–H groups in total. The summed E-state index contributed by atoms with van der Waals surface area (Å²) in [5.74, 6) is -0.105. The number of nitrogens with zero attached hydrogens (tertiary/aromatic N) is 3. The molecule has 24 heavy (non-hydrogen) atoms. The number of para-hydroxylation sites is 1. The molecule has 2 bridgehead atoms. The topological polar surface area (TPSA) is 70.4 Å². The number of benzene rings is 1. The molecule has 4 heterocycles. The van der Waals surface area contributed by atoms with Gasteiger partial charge in [-0.1, -0.05) is 12.1 Å². The Labute approximate surface area is 154 Å². The van der Waals surface area contributed by atoms with E-state index in [4.69, 9.17) is 0 Å². The van der Waals surface area contributed by atoms with Gasteiger partial charge in [0.25, 0.3) is 0 Å². The van der Waals surface area contributed by atoms with Crippen molar-refractivity contribution in [2.24, 2.45) is 5.92 Å². The number of aromatic carboxylic acids is 1. The van der Waals surface area contributed by atoms with Crippen LogP contribution in [-0.2, 0) is 6.54 Å². The molecule has 3 aliphatic rings. The van der Waals surface area contributed by atoms with E-state index in [9.17, 15) is 9.90 Å². The first-order valence-corrected chi connectivity index (χ1v) is 8.36. The number of carboxylic acid groups (broad SMARTS) is 1. The fraction of sp³-hybridized carbons (Fsp3) is 0.529. The van der Waals surface area contributed by atoms with Crippen LogP contribution in [0.4, 0.5) is 0 Å². The third-order valence-electron chi connectivity index (χ3n) is 5.28. The molecule has 1 aromatic heterocycles. The van der Waals surface area contributed by atoms with E-state index in [1.807, 2.05) is 10.7 Å². The van der Waals surface area contributed by atoms with Crippen molar-refractivity contribution in [3.8, 4) is 0 Å². The van der Waals surface area contributed by atoms with Crippen LogP contribution in [0, 0.1) is 5.92 Å². The summed E-state index contributed by atoms with van der Waals surface area (Å²) in [5.41, 5.74) is 1.04. The zero-order valence-corrected chi connectivity index (χ0v) is 14.1. The molecule has 124 valence electrons. The number of rotatable bonds is 5. The van der Waals surface area contributed by atoms with Crippen LogP contribution in [0.1, 0.15) is 24.6 Å². The van der Waals surface area contributed by atoms with Crippen LogP contribution in [0.25, 0.3) is 10.9 Å². The molecule has 1 unspecified atom stereocenters. The van der Waals surface area contributed by atoms with Gasteiger partial charge in [-0.2, -0.15) is 5.10 Å². The van der Waals surface area contributed by atoms with Gasteiger partial charge in [0.1, 0.15) is 0 Å². The maximum atomic E-state index is 11.4. The molecule has 0 amide bonds. The van der Waals surface area contributed by atoms with Crippen molar-refractivity contribution < 1.29 is 30.2 Å². The monoisotopic (exact) mass is 322 g/mol. The number of hydrogen-bond acceptors (Lipinski definition) is 4. The molecule has 3 aliphatic heterocycles. The number of piperidine rings is 3. The van der Waals surface area contributed by atoms with Gasteiger partial charge in [0, 0.05) is 24.5 Å². The Bertz CT molecular complexity index is 731. The van der Waals surface area contributed by atoms with Crippen molar-refractivity contribution >= 4 is 16.9 Å². The first kappa shape index (κ1) is 17.5. The molecule has 3 saturated heterocycles. The van der Waals surface area contributed by atoms with Gasteiger partial charge in [0.15, 0.2) is 0 Å². The maximum absolute atomic E-state index is 11.4. The second-order valence-electron chi connectivity index (χ2n) is 6.61. The molecule has 0 radical (unpaired) electrons. The second kappa shape index (κ2) is 7.28. The summed E-state index contributed by atoms with van der Waals surface area (Å²) in [5, 5.41) is 18.3. The standard InChI is InChI=1S/C17H22N4O2.Li.H/c22-17(23)14-3-1-2-13-10-19-21(16(13)14)9-6-18-15-11-20-7-4-12(15)5-8-20;;/h1-3,10,12,15,18H,4-9,11H2,(H,22,23);;/q;+1;-1. The van der Waals surface area contributed by atoms with Gasteiger partial charge in [-0.25, -0.2) is 4.79 Å². The molecule has 0 saturated carbocycles. The van der Waals surface area contributed by atoms with E-state index in [0.29, 0.717) is 18.2 Å². The number of hydrogen-bond donors (Lipinski definition) is 2. The summed E-state index contributed by atoms with van der Waals surface area (Å²) < 4.78 is 1.81. The summed E-state index contributed by atoms with van der Waals surface area (Å²) in [6.45, 7) is 5.14. The van der Waals surface area contributed by atoms with Crippen LogP contribution in [0.2, 0.25) is 0 Å². The van der Waals surface area contributed by atoms with Gasteiger partial charge in [0.05, 0.1) is 23.8 Å². The number of carboxylic acids is 1. The van der Waals surface area contributed by atoms with E-state index < -0.39 is 5.97 Å². The molecule has 6 nitrogen and oxygen atoms in total. The Morgan fingerprint density at radius 3 is 2.83 bits per heavy atom. The molecule has 7 heteroatoms. The van der Waals surface area contributed by atoms with Gasteiger partial charge >= 0.3 is 24.8 Å². The first-order chi connectivity index (χ1) is 11.2. The van der Waals surface area contributed by atoms with Crippen LogP contribution in [0.5, 0.6) is 0 Å². The second-order valence-corrected chi connectivity index (χ2v) is 6.61. The Hall–Kier alpha value is -1.32. The minimum absolute atomic E-state index is 0. The Morgan fingerprint density at radius 2 is 2.17 bits per heavy atom. The van der Waals surface area contributed by atoms with Crippen molar-refractivity contribution in [1.82, 2.24) is 20.0 Å². The zero-order valence-electron chi connectivity index (χ0n) is 15.1. The third kappa shape index (κ3) is 3.24. The van der Waals surface area contributed by atoms with Gasteiger partial charge in [-0.3, -0.25) is 4.68 Å². The fourth-order valence-electron chi connectivity index (χ4n) is 4.04. The van der Waals surface area contributed by atoms with Gasteiger partial charge in [-0.05, 0) is 37.9 Å². The molecule has 2 aromatic rings. The molecular weight excluding hydrogens is 299 g/mol. The summed E-state index contributed by atoms with van der Waals surface area (Å²) in [7, 11) is 0. The molecule has 0 aliphatic carbocycles. The Balaban J connectivity index is 0.00000113. The van der Waals surface area contributed by atoms with Crippen molar-refractivity contribution in [3.05, 3.63) is 30.0 Å². The van der Waals surface area contributed by atoms with Crippen molar-refractivity contribution in [2.75, 3.05) is 26.2 Å². The van der Waals surface area contributed by atoms with Crippen molar-refractivity contribution in [2.45, 2.75) is 25.4 Å². The van der Waals surface area contributed by atoms with Crippen LogP contribution in [0.3, 0.4) is 0 Å². The average Bonchev–Trinajstić information content (AvgIpc) is 2.99. The summed E-state index contributed by atoms with van der Waals surface area (Å²) in [4.78, 5) is 13.9. The molecule has 1 aromatic carbocycles. The van der Waals surface area contributed by atoms with Crippen LogP contribution in [0.15, 0.2) is 24.4 Å². The van der Waals surface area contributed by atoms with Crippen molar-refractivity contribution in [1.29, 1.82) is 0 Å². The Kier molecular flexibility index (Phi) is 5.31. The molecular formula is C17H23LiN4O2. The number of aromatic nitrogens is 2. The average molecular weight is 322 g/mol. The summed E-state index contributed by atoms with van der Waals surface area (Å²) in [6.07, 6.45) is 4.34. The van der Waals surface area contributed by atoms with Gasteiger partial charge in [0.2, 0.25) is 0 Å². The largest absolute Gasteiger partial charge is 1.00 e. The minimum Gasteiger partial charge on any atom is -1.00 e. The third-order valence-corrected chi connectivity index (χ3v) is 5.28. The summed E-state index contributed by atoms with van der Waals surface area (Å²) >= 11 is 0. The smallest absolute Gasteiger partial charge is 1.00 e. The SMILES string of the molecule is O=C(O)c1cccc2cnn(CCNC3CN4CCC3CC4)c12.[H-].[Li+]. The molecule has 0 spiro atoms. The minimum atomic E-state index is -0.900. The van der Waals surface area contributed by atoms with E-state index >= 15 is 0 Å². The zero-order chi connectivity index (χ0) is 15.8. The quantitative estimate of drug-likeness (QED) is 0.658. The van der Waals surface area contributed by atoms with Gasteiger partial charge < -0.3 is 16.7 Å². The molecule has 1 atom stereocenters. The molecule has 3 fully saturated rings. The first-order valence-electron chi connectivity index (χ1n) is 8.36. The van der Waals surface area contributed by atoms with E-state index in [1.165, 1.54) is 25.9 Å². The molecule has 5 rings (SSSR count). The number of fused-ring (bicyclic) bond motifs is 4. The van der Waals surface area contributed by atoms with Crippen molar-refractivity contribution in [3.63, 3.8) is 0 Å². The number of carbonyl (C=O) groups is 1. The normalized spacial score (nSPS) is 25.6. The number of nitrogens with one attached hydrogen (secondary N) is 1. The summed E-state index contributed by atoms with van der Waals surface area (Å²) in [6, 6.07) is 5.89. The van der Waals surface area contributed by atoms with E-state index in [1.54, 1.807) is 18.3 Å². The van der Waals surface area contributed by atoms with Gasteiger partial charge in [-0.15, -0.1) is 0 Å².